The van der Waals surface area contributed by atoms with Gasteiger partial charge in [-0.3, -0.25) is 19.2 Å². The molecule has 0 spiro atoms. The first kappa shape index (κ1) is 20.9. The van der Waals surface area contributed by atoms with Gasteiger partial charge >= 0.3 is 0 Å². The molecule has 2 heterocycles. The number of nitrogens with zero attached hydrogens (tertiary/aromatic N) is 3. The number of nitrogens with one attached hydrogen (secondary N) is 1. The lowest BCUT2D eigenvalue weighted by atomic mass is 10.0. The fraction of sp³-hybridized carbons (Fsp3) is 0.217. The summed E-state index contributed by atoms with van der Waals surface area (Å²) in [4.78, 5) is 17.1. The number of hydrogen-bond acceptors (Lipinski definition) is 4. The molecule has 0 atom stereocenters. The molecule has 0 radical (unpaired) electrons. The van der Waals surface area contributed by atoms with Crippen molar-refractivity contribution >= 4 is 26.5 Å². The summed E-state index contributed by atoms with van der Waals surface area (Å²) >= 11 is 0. The first-order chi connectivity index (χ1) is 14.7. The van der Waals surface area contributed by atoms with E-state index >= 15 is 0 Å². The van der Waals surface area contributed by atoms with E-state index in [1.54, 1.807) is 52.1 Å². The lowest BCUT2D eigenvalue weighted by Crippen LogP contribution is -2.21. The van der Waals surface area contributed by atoms with Gasteiger partial charge in [0.05, 0.1) is 16.3 Å². The zero-order chi connectivity index (χ0) is 22.3. The van der Waals surface area contributed by atoms with Gasteiger partial charge in [0.15, 0.2) is 0 Å². The van der Waals surface area contributed by atoms with Crippen LogP contribution in [0.15, 0.2) is 70.6 Å². The van der Waals surface area contributed by atoms with Gasteiger partial charge in [0, 0.05) is 41.5 Å². The van der Waals surface area contributed by atoms with Crippen molar-refractivity contribution < 1.29 is 8.42 Å². The highest BCUT2D eigenvalue weighted by molar-refractivity contribution is 7.92. The Morgan fingerprint density at radius 1 is 1.03 bits per heavy atom. The van der Waals surface area contributed by atoms with E-state index in [0.29, 0.717) is 11.4 Å². The van der Waals surface area contributed by atoms with Crippen molar-refractivity contribution in [1.29, 1.82) is 0 Å². The molecule has 0 fully saturated rings. The molecule has 31 heavy (non-hydrogen) atoms. The van der Waals surface area contributed by atoms with Crippen LogP contribution in [0, 0.1) is 6.92 Å². The Bertz CT molecular complexity index is 1430. The highest BCUT2D eigenvalue weighted by atomic mass is 32.2. The molecule has 160 valence electrons. The predicted octanol–water partition coefficient (Wildman–Crippen LogP) is 3.96. The minimum Gasteiger partial charge on any atom is -0.285 e. The van der Waals surface area contributed by atoms with Crippen LogP contribution in [0.2, 0.25) is 0 Å². The van der Waals surface area contributed by atoms with Crippen molar-refractivity contribution in [3.63, 3.8) is 0 Å². The van der Waals surface area contributed by atoms with Crippen LogP contribution >= 0.6 is 0 Å². The topological polar surface area (TPSA) is 86.0 Å². The molecular weight excluding hydrogens is 412 g/mol. The van der Waals surface area contributed by atoms with Gasteiger partial charge in [-0.1, -0.05) is 26.0 Å². The Hall–Kier alpha value is -3.39. The lowest BCUT2D eigenvalue weighted by molar-refractivity contribution is 0.601. The third kappa shape index (κ3) is 3.63. The Morgan fingerprint density at radius 2 is 1.74 bits per heavy atom. The van der Waals surface area contributed by atoms with E-state index in [2.05, 4.69) is 9.71 Å². The summed E-state index contributed by atoms with van der Waals surface area (Å²) in [6.45, 7) is 5.88. The lowest BCUT2D eigenvalue weighted by Gasteiger charge is -2.12. The zero-order valence-corrected chi connectivity index (χ0v) is 18.6. The monoisotopic (exact) mass is 436 g/mol. The van der Waals surface area contributed by atoms with Gasteiger partial charge in [-0.15, -0.1) is 0 Å². The molecule has 2 aromatic heterocycles. The zero-order valence-electron chi connectivity index (χ0n) is 17.8. The van der Waals surface area contributed by atoms with E-state index in [9.17, 15) is 13.2 Å². The minimum absolute atomic E-state index is 0.0897. The maximum Gasteiger partial charge on any atom is 0.275 e. The molecule has 0 aliphatic carbocycles. The molecule has 0 bridgehead atoms. The van der Waals surface area contributed by atoms with Crippen molar-refractivity contribution in [2.75, 3.05) is 4.72 Å². The normalized spacial score (nSPS) is 11.9. The molecule has 4 rings (SSSR count). The molecule has 0 aliphatic heterocycles. The number of fused-ring (bicyclic) bond motifs is 1. The van der Waals surface area contributed by atoms with E-state index < -0.39 is 10.0 Å². The fourth-order valence-corrected chi connectivity index (χ4v) is 4.95. The number of benzene rings is 2. The van der Waals surface area contributed by atoms with Crippen LogP contribution in [0.1, 0.15) is 31.0 Å². The van der Waals surface area contributed by atoms with Gasteiger partial charge in [-0.05, 0) is 49.2 Å². The van der Waals surface area contributed by atoms with Gasteiger partial charge in [-0.2, -0.15) is 0 Å². The van der Waals surface area contributed by atoms with Crippen LogP contribution in [0.5, 0.6) is 0 Å². The van der Waals surface area contributed by atoms with Crippen molar-refractivity contribution in [2.45, 2.75) is 31.6 Å². The Balaban J connectivity index is 1.70. The van der Waals surface area contributed by atoms with Gasteiger partial charge in [0.25, 0.3) is 15.6 Å². The van der Waals surface area contributed by atoms with Crippen LogP contribution in [0.3, 0.4) is 0 Å². The summed E-state index contributed by atoms with van der Waals surface area (Å²) in [5.41, 5.74) is 2.65. The molecule has 2 aromatic carbocycles. The molecule has 0 aliphatic rings. The number of sulfonamides is 1. The van der Waals surface area contributed by atoms with Crippen LogP contribution in [-0.4, -0.2) is 22.8 Å². The maximum absolute atomic E-state index is 13.0. The second-order valence-corrected chi connectivity index (χ2v) is 9.48. The van der Waals surface area contributed by atoms with Crippen molar-refractivity contribution in [1.82, 2.24) is 14.3 Å². The minimum atomic E-state index is -3.80. The molecule has 7 nitrogen and oxygen atoms in total. The first-order valence-electron chi connectivity index (χ1n) is 9.95. The van der Waals surface area contributed by atoms with Gasteiger partial charge in [0.2, 0.25) is 0 Å². The number of aromatic nitrogens is 3. The third-order valence-electron chi connectivity index (χ3n) is 5.49. The molecule has 4 aromatic rings. The molecule has 8 heteroatoms. The highest BCUT2D eigenvalue weighted by Gasteiger charge is 2.20. The van der Waals surface area contributed by atoms with E-state index in [-0.39, 0.29) is 16.4 Å². The smallest absolute Gasteiger partial charge is 0.275 e. The van der Waals surface area contributed by atoms with Crippen molar-refractivity contribution in [3.8, 4) is 5.69 Å². The van der Waals surface area contributed by atoms with E-state index in [1.165, 1.54) is 12.1 Å². The van der Waals surface area contributed by atoms with E-state index in [0.717, 1.165) is 22.0 Å². The van der Waals surface area contributed by atoms with Crippen LogP contribution in [-0.2, 0) is 17.1 Å². The average Bonchev–Trinajstić information content (AvgIpc) is 2.96. The van der Waals surface area contributed by atoms with Gasteiger partial charge in [0.1, 0.15) is 0 Å². The summed E-state index contributed by atoms with van der Waals surface area (Å²) in [7, 11) is -1.98. The second kappa shape index (κ2) is 7.70. The summed E-state index contributed by atoms with van der Waals surface area (Å²) in [5.74, 6) is 0.0969. The van der Waals surface area contributed by atoms with Crippen LogP contribution in [0.25, 0.3) is 16.5 Å². The molecule has 0 amide bonds. The quantitative estimate of drug-likeness (QED) is 0.513. The number of rotatable bonds is 5. The van der Waals surface area contributed by atoms with Crippen molar-refractivity contribution in [3.05, 3.63) is 82.5 Å². The largest absolute Gasteiger partial charge is 0.285 e. The molecule has 0 saturated carbocycles. The number of pyridine rings is 1. The summed E-state index contributed by atoms with van der Waals surface area (Å²) in [5, 5.41) is 1.61. The molecular formula is C23H24N4O3S. The van der Waals surface area contributed by atoms with E-state index in [4.69, 9.17) is 0 Å². The van der Waals surface area contributed by atoms with Gasteiger partial charge in [-0.25, -0.2) is 13.1 Å². The SMILES string of the molecule is Cc1c(C(C)C)c(=O)n(-c2ccc(S(=O)(=O)Nc3cccc4cnccc34)cc2)n1C. The summed E-state index contributed by atoms with van der Waals surface area (Å²) in [6.07, 6.45) is 3.31. The summed E-state index contributed by atoms with van der Waals surface area (Å²) in [6, 6.07) is 13.4. The fourth-order valence-electron chi connectivity index (χ4n) is 3.87. The van der Waals surface area contributed by atoms with Crippen LogP contribution < -0.4 is 10.3 Å². The van der Waals surface area contributed by atoms with Crippen molar-refractivity contribution in [2.24, 2.45) is 7.05 Å². The molecule has 0 unspecified atom stereocenters. The van der Waals surface area contributed by atoms with Gasteiger partial charge < -0.3 is 0 Å². The Kier molecular flexibility index (Phi) is 5.18. The highest BCUT2D eigenvalue weighted by Crippen LogP contribution is 2.25. The Labute approximate surface area is 181 Å². The van der Waals surface area contributed by atoms with Crippen LogP contribution in [0.4, 0.5) is 5.69 Å². The molecule has 0 saturated heterocycles. The molecule has 1 N–H and O–H groups in total. The standard InChI is InChI=1S/C23H24N4O3S/c1-15(2)22-16(3)26(4)27(23(22)28)18-8-10-19(11-9-18)31(29,30)25-21-7-5-6-17-14-24-13-12-20(17)21/h5-15,25H,1-4H3. The predicted molar refractivity (Wildman–Crippen MR) is 122 cm³/mol. The Morgan fingerprint density at radius 3 is 2.39 bits per heavy atom. The summed E-state index contributed by atoms with van der Waals surface area (Å²) < 4.78 is 32.0. The first-order valence-corrected chi connectivity index (χ1v) is 11.4. The number of hydrogen-bond donors (Lipinski definition) is 1. The maximum atomic E-state index is 13.0. The van der Waals surface area contributed by atoms with E-state index in [1.807, 2.05) is 33.9 Å². The number of anilines is 1. The third-order valence-corrected chi connectivity index (χ3v) is 6.87. The second-order valence-electron chi connectivity index (χ2n) is 7.80. The average molecular weight is 437 g/mol.